The molecular weight excluding hydrogens is 200 g/mol. The third-order valence-electron chi connectivity index (χ3n) is 1.87. The van der Waals surface area contributed by atoms with E-state index in [0.29, 0.717) is 0 Å². The molecule has 0 saturated carbocycles. The highest BCUT2D eigenvalue weighted by Crippen LogP contribution is 2.06. The van der Waals surface area contributed by atoms with E-state index in [2.05, 4.69) is 0 Å². The Morgan fingerprint density at radius 2 is 2.13 bits per heavy atom. The number of pyridine rings is 1. The molecule has 1 aromatic rings. The van der Waals surface area contributed by atoms with Crippen molar-refractivity contribution >= 4 is 5.97 Å². The number of nitrogens with zero attached hydrogens (tertiary/aromatic N) is 2. The van der Waals surface area contributed by atoms with Crippen molar-refractivity contribution in [1.82, 2.24) is 4.68 Å². The van der Waals surface area contributed by atoms with Gasteiger partial charge in [0.2, 0.25) is 5.43 Å². The van der Waals surface area contributed by atoms with Gasteiger partial charge in [0.1, 0.15) is 0 Å². The number of hydrogen-bond donors (Lipinski definition) is 1. The predicted octanol–water partition coefficient (Wildman–Crippen LogP) is -0.247. The first-order valence-electron chi connectivity index (χ1n) is 4.19. The standard InChI is InChI=1S/C9H12N2O4/c1-10(2)11-5-8(15-3)7(12)4-6(11)9(13)14/h4-5H,1-3H3,(H,13,14). The molecular formula is C9H12N2O4. The maximum Gasteiger partial charge on any atom is 0.354 e. The second kappa shape index (κ2) is 4.04. The van der Waals surface area contributed by atoms with Gasteiger partial charge in [-0.2, -0.15) is 0 Å². The van der Waals surface area contributed by atoms with Gasteiger partial charge < -0.3 is 14.9 Å². The SMILES string of the molecule is COc1cn(N(C)C)c(C(=O)O)cc1=O. The van der Waals surface area contributed by atoms with E-state index in [-0.39, 0.29) is 11.4 Å². The van der Waals surface area contributed by atoms with E-state index in [1.165, 1.54) is 23.0 Å². The van der Waals surface area contributed by atoms with Crippen LogP contribution < -0.4 is 15.2 Å². The van der Waals surface area contributed by atoms with Crippen molar-refractivity contribution in [3.8, 4) is 5.75 Å². The molecule has 6 heteroatoms. The lowest BCUT2D eigenvalue weighted by Crippen LogP contribution is -2.31. The van der Waals surface area contributed by atoms with Gasteiger partial charge in [-0.1, -0.05) is 0 Å². The van der Waals surface area contributed by atoms with E-state index in [1.54, 1.807) is 14.1 Å². The van der Waals surface area contributed by atoms with Crippen LogP contribution >= 0.6 is 0 Å². The van der Waals surface area contributed by atoms with Crippen LogP contribution in [0.4, 0.5) is 0 Å². The Morgan fingerprint density at radius 3 is 2.53 bits per heavy atom. The number of carbonyl (C=O) groups is 1. The van der Waals surface area contributed by atoms with Gasteiger partial charge in [0.15, 0.2) is 11.4 Å². The van der Waals surface area contributed by atoms with Gasteiger partial charge in [-0.3, -0.25) is 9.47 Å². The van der Waals surface area contributed by atoms with Gasteiger partial charge in [0.05, 0.1) is 13.3 Å². The monoisotopic (exact) mass is 212 g/mol. The van der Waals surface area contributed by atoms with Crippen LogP contribution in [-0.2, 0) is 0 Å². The average Bonchev–Trinajstić information content (AvgIpc) is 2.16. The largest absolute Gasteiger partial charge is 0.491 e. The number of rotatable bonds is 3. The van der Waals surface area contributed by atoms with Crippen molar-refractivity contribution in [1.29, 1.82) is 0 Å². The lowest BCUT2D eigenvalue weighted by atomic mass is 10.3. The zero-order valence-electron chi connectivity index (χ0n) is 8.72. The van der Waals surface area contributed by atoms with Gasteiger partial charge in [-0.05, 0) is 0 Å². The molecule has 1 rings (SSSR count). The summed E-state index contributed by atoms with van der Waals surface area (Å²) in [5.41, 5.74) is -0.557. The topological polar surface area (TPSA) is 71.8 Å². The number of carboxylic acid groups (broad SMARTS) is 1. The Morgan fingerprint density at radius 1 is 1.53 bits per heavy atom. The summed E-state index contributed by atoms with van der Waals surface area (Å²) in [7, 11) is 4.68. The number of ether oxygens (including phenoxy) is 1. The van der Waals surface area contributed by atoms with E-state index in [4.69, 9.17) is 9.84 Å². The van der Waals surface area contributed by atoms with Crippen LogP contribution in [0, 0.1) is 0 Å². The molecule has 6 nitrogen and oxygen atoms in total. The molecule has 1 aromatic heterocycles. The highest BCUT2D eigenvalue weighted by molar-refractivity contribution is 5.85. The van der Waals surface area contributed by atoms with Crippen LogP contribution in [0.3, 0.4) is 0 Å². The van der Waals surface area contributed by atoms with Crippen LogP contribution in [0.25, 0.3) is 0 Å². The molecule has 0 spiro atoms. The van der Waals surface area contributed by atoms with Crippen LogP contribution in [0.1, 0.15) is 10.5 Å². The van der Waals surface area contributed by atoms with E-state index in [1.807, 2.05) is 0 Å². The van der Waals surface area contributed by atoms with Gasteiger partial charge in [0.25, 0.3) is 0 Å². The quantitative estimate of drug-likeness (QED) is 0.748. The third kappa shape index (κ3) is 2.09. The minimum Gasteiger partial charge on any atom is -0.491 e. The Labute approximate surface area is 86.3 Å². The summed E-state index contributed by atoms with van der Waals surface area (Å²) in [5.74, 6) is -1.06. The molecule has 82 valence electrons. The van der Waals surface area contributed by atoms with Gasteiger partial charge in [0, 0.05) is 20.2 Å². The van der Waals surface area contributed by atoms with E-state index < -0.39 is 11.4 Å². The fourth-order valence-corrected chi connectivity index (χ4v) is 1.15. The van der Waals surface area contributed by atoms with Crippen molar-refractivity contribution in [2.75, 3.05) is 26.2 Å². The summed E-state index contributed by atoms with van der Waals surface area (Å²) in [6.07, 6.45) is 1.34. The molecule has 0 bridgehead atoms. The van der Waals surface area contributed by atoms with Gasteiger partial charge in [-0.25, -0.2) is 4.79 Å². The van der Waals surface area contributed by atoms with Crippen molar-refractivity contribution in [3.63, 3.8) is 0 Å². The first-order valence-corrected chi connectivity index (χ1v) is 4.19. The molecule has 0 aliphatic heterocycles. The zero-order valence-corrected chi connectivity index (χ0v) is 8.72. The van der Waals surface area contributed by atoms with Crippen LogP contribution in [0.2, 0.25) is 0 Å². The molecule has 15 heavy (non-hydrogen) atoms. The summed E-state index contributed by atoms with van der Waals surface area (Å²) in [5, 5.41) is 10.4. The molecule has 1 N–H and O–H groups in total. The number of hydrogen-bond acceptors (Lipinski definition) is 4. The summed E-state index contributed by atoms with van der Waals surface area (Å²) in [6.45, 7) is 0. The summed E-state index contributed by atoms with van der Waals surface area (Å²) in [4.78, 5) is 22.2. The third-order valence-corrected chi connectivity index (χ3v) is 1.87. The number of methoxy groups -OCH3 is 1. The molecule has 0 aliphatic rings. The van der Waals surface area contributed by atoms with Crippen LogP contribution in [0.5, 0.6) is 5.75 Å². The Hall–Kier alpha value is -1.98. The van der Waals surface area contributed by atoms with Crippen molar-refractivity contribution in [3.05, 3.63) is 28.2 Å². The number of aromatic nitrogens is 1. The molecule has 0 radical (unpaired) electrons. The Bertz CT molecular complexity index is 436. The first kappa shape index (κ1) is 11.1. The lowest BCUT2D eigenvalue weighted by molar-refractivity contribution is 0.0683. The highest BCUT2D eigenvalue weighted by Gasteiger charge is 2.13. The van der Waals surface area contributed by atoms with Crippen LogP contribution in [-0.4, -0.2) is 37.0 Å². The molecule has 0 amide bonds. The molecule has 0 aliphatic carbocycles. The summed E-state index contributed by atoms with van der Waals surface area (Å²) < 4.78 is 6.14. The normalized spacial score (nSPS) is 9.80. The molecule has 0 saturated heterocycles. The fourth-order valence-electron chi connectivity index (χ4n) is 1.15. The smallest absolute Gasteiger partial charge is 0.354 e. The second-order valence-electron chi connectivity index (χ2n) is 3.09. The minimum atomic E-state index is -1.16. The molecule has 1 heterocycles. The fraction of sp³-hybridized carbons (Fsp3) is 0.333. The average molecular weight is 212 g/mol. The van der Waals surface area contributed by atoms with E-state index in [9.17, 15) is 9.59 Å². The summed E-state index contributed by atoms with van der Waals surface area (Å²) in [6, 6.07) is 1.03. The number of carboxylic acids is 1. The molecule has 0 aromatic carbocycles. The Balaban J connectivity index is 3.46. The van der Waals surface area contributed by atoms with Crippen molar-refractivity contribution in [2.24, 2.45) is 0 Å². The van der Waals surface area contributed by atoms with Gasteiger partial charge in [-0.15, -0.1) is 0 Å². The highest BCUT2D eigenvalue weighted by atomic mass is 16.5. The van der Waals surface area contributed by atoms with E-state index in [0.717, 1.165) is 6.07 Å². The van der Waals surface area contributed by atoms with Crippen LogP contribution in [0.15, 0.2) is 17.1 Å². The molecule has 0 fully saturated rings. The number of aromatic carboxylic acids is 1. The lowest BCUT2D eigenvalue weighted by Gasteiger charge is -2.19. The summed E-state index contributed by atoms with van der Waals surface area (Å²) >= 11 is 0. The Kier molecular flexibility index (Phi) is 2.99. The predicted molar refractivity (Wildman–Crippen MR) is 54.3 cm³/mol. The maximum atomic E-state index is 11.3. The van der Waals surface area contributed by atoms with Gasteiger partial charge >= 0.3 is 5.97 Å². The first-order chi connectivity index (χ1) is 6.97. The van der Waals surface area contributed by atoms with Crippen molar-refractivity contribution < 1.29 is 14.6 Å². The van der Waals surface area contributed by atoms with E-state index >= 15 is 0 Å². The zero-order chi connectivity index (χ0) is 11.6. The molecule has 0 atom stereocenters. The van der Waals surface area contributed by atoms with Crippen molar-refractivity contribution in [2.45, 2.75) is 0 Å². The minimum absolute atomic E-state index is 0.105. The maximum absolute atomic E-state index is 11.3. The molecule has 0 unspecified atom stereocenters. The second-order valence-corrected chi connectivity index (χ2v) is 3.09.